The van der Waals surface area contributed by atoms with Crippen LogP contribution in [0.1, 0.15) is 35.2 Å². The average Bonchev–Trinajstić information content (AvgIpc) is 2.68. The van der Waals surface area contributed by atoms with Crippen LogP contribution in [0.4, 0.5) is 5.95 Å². The lowest BCUT2D eigenvalue weighted by Crippen LogP contribution is -2.47. The van der Waals surface area contributed by atoms with Crippen molar-refractivity contribution in [1.29, 1.82) is 0 Å². The van der Waals surface area contributed by atoms with Gasteiger partial charge in [-0.25, -0.2) is 15.0 Å². The van der Waals surface area contributed by atoms with Crippen LogP contribution in [0, 0.1) is 0 Å². The van der Waals surface area contributed by atoms with Crippen LogP contribution in [0.15, 0.2) is 54.0 Å². The van der Waals surface area contributed by atoms with E-state index in [1.54, 1.807) is 30.7 Å². The monoisotopic (exact) mass is 407 g/mol. The molecule has 0 saturated heterocycles. The summed E-state index contributed by atoms with van der Waals surface area (Å²) in [5, 5.41) is 0.105. The number of amides is 1. The van der Waals surface area contributed by atoms with E-state index in [2.05, 4.69) is 24.9 Å². The number of pyridine rings is 2. The predicted octanol–water partition coefficient (Wildman–Crippen LogP) is 2.79. The maximum Gasteiger partial charge on any atom is 0.281 e. The molecule has 146 valence electrons. The zero-order chi connectivity index (χ0) is 20.4. The lowest BCUT2D eigenvalue weighted by Gasteiger charge is -2.41. The highest BCUT2D eigenvalue weighted by molar-refractivity contribution is 6.32. The molecule has 1 saturated carbocycles. The Hall–Kier alpha value is -3.39. The number of amidine groups is 1. The third kappa shape index (κ3) is 3.54. The van der Waals surface area contributed by atoms with Crippen LogP contribution in [-0.4, -0.2) is 31.7 Å². The van der Waals surface area contributed by atoms with E-state index >= 15 is 0 Å². The lowest BCUT2D eigenvalue weighted by atomic mass is 9.64. The lowest BCUT2D eigenvalue weighted by molar-refractivity contribution is 0.100. The fourth-order valence-electron chi connectivity index (χ4n) is 3.36. The van der Waals surface area contributed by atoms with Crippen molar-refractivity contribution in [1.82, 2.24) is 19.9 Å². The second-order valence-electron chi connectivity index (χ2n) is 6.84. The maximum atomic E-state index is 12.5. The summed E-state index contributed by atoms with van der Waals surface area (Å²) in [5.74, 6) is -0.0318. The third-order valence-electron chi connectivity index (χ3n) is 5.19. The number of nitrogen functional groups attached to an aromatic ring is 1. The SMILES string of the molecule is NC(=NC(=O)c1cccnc1Cl)C1(c2ccc(-c3cnc(N)nc3)nc2)CCC1. The summed E-state index contributed by atoms with van der Waals surface area (Å²) in [6.45, 7) is 0. The molecule has 0 spiro atoms. The van der Waals surface area contributed by atoms with Gasteiger partial charge in [-0.05, 0) is 36.6 Å². The molecule has 3 heterocycles. The third-order valence-corrected chi connectivity index (χ3v) is 5.49. The van der Waals surface area contributed by atoms with Gasteiger partial charge in [0.15, 0.2) is 0 Å². The van der Waals surface area contributed by atoms with Gasteiger partial charge in [0.25, 0.3) is 5.91 Å². The minimum absolute atomic E-state index is 0.105. The van der Waals surface area contributed by atoms with Gasteiger partial charge < -0.3 is 11.5 Å². The Morgan fingerprint density at radius 1 is 1.07 bits per heavy atom. The number of carbonyl (C=O) groups excluding carboxylic acids is 1. The molecule has 9 heteroatoms. The number of hydrogen-bond donors (Lipinski definition) is 2. The van der Waals surface area contributed by atoms with Crippen molar-refractivity contribution in [2.45, 2.75) is 24.7 Å². The molecule has 4 N–H and O–H groups in total. The Morgan fingerprint density at radius 2 is 1.83 bits per heavy atom. The summed E-state index contributed by atoms with van der Waals surface area (Å²) in [5.41, 5.74) is 13.9. The molecule has 3 aromatic rings. The predicted molar refractivity (Wildman–Crippen MR) is 110 cm³/mol. The Kier molecular flexibility index (Phi) is 4.94. The van der Waals surface area contributed by atoms with E-state index in [9.17, 15) is 4.79 Å². The second kappa shape index (κ2) is 7.56. The minimum Gasteiger partial charge on any atom is -0.386 e. The molecule has 0 aliphatic heterocycles. The molecule has 0 aromatic carbocycles. The first kappa shape index (κ1) is 18.9. The van der Waals surface area contributed by atoms with Crippen molar-refractivity contribution < 1.29 is 4.79 Å². The van der Waals surface area contributed by atoms with Gasteiger partial charge in [-0.2, -0.15) is 4.99 Å². The van der Waals surface area contributed by atoms with Gasteiger partial charge in [0.05, 0.1) is 16.7 Å². The summed E-state index contributed by atoms with van der Waals surface area (Å²) in [6.07, 6.45) is 9.09. The zero-order valence-corrected chi connectivity index (χ0v) is 16.2. The molecule has 1 fully saturated rings. The zero-order valence-electron chi connectivity index (χ0n) is 15.4. The van der Waals surface area contributed by atoms with Crippen molar-refractivity contribution in [3.8, 4) is 11.3 Å². The molecule has 3 aromatic heterocycles. The number of nitrogens with zero attached hydrogens (tertiary/aromatic N) is 5. The number of aromatic nitrogens is 4. The summed E-state index contributed by atoms with van der Waals surface area (Å²) in [6, 6.07) is 7.03. The van der Waals surface area contributed by atoms with Crippen molar-refractivity contribution in [2.75, 3.05) is 5.73 Å². The summed E-state index contributed by atoms with van der Waals surface area (Å²) >= 11 is 6.00. The first-order valence-electron chi connectivity index (χ1n) is 9.03. The molecule has 1 amide bonds. The van der Waals surface area contributed by atoms with Gasteiger partial charge in [-0.3, -0.25) is 9.78 Å². The van der Waals surface area contributed by atoms with Gasteiger partial charge in [0.1, 0.15) is 11.0 Å². The maximum absolute atomic E-state index is 12.5. The Morgan fingerprint density at radius 3 is 2.41 bits per heavy atom. The first-order chi connectivity index (χ1) is 14.0. The first-order valence-corrected chi connectivity index (χ1v) is 9.41. The topological polar surface area (TPSA) is 133 Å². The molecule has 0 bridgehead atoms. The molecule has 4 rings (SSSR count). The van der Waals surface area contributed by atoms with E-state index in [1.165, 1.54) is 6.20 Å². The summed E-state index contributed by atoms with van der Waals surface area (Å²) in [7, 11) is 0. The van der Waals surface area contributed by atoms with Crippen molar-refractivity contribution >= 4 is 29.3 Å². The number of hydrogen-bond acceptors (Lipinski definition) is 6. The van der Waals surface area contributed by atoms with E-state index in [1.807, 2.05) is 12.1 Å². The molecule has 8 nitrogen and oxygen atoms in total. The molecule has 0 radical (unpaired) electrons. The van der Waals surface area contributed by atoms with E-state index < -0.39 is 11.3 Å². The van der Waals surface area contributed by atoms with Gasteiger partial charge >= 0.3 is 0 Å². The quantitative estimate of drug-likeness (QED) is 0.386. The number of nitrogens with two attached hydrogens (primary N) is 2. The van der Waals surface area contributed by atoms with Crippen LogP contribution < -0.4 is 11.5 Å². The average molecular weight is 408 g/mol. The van der Waals surface area contributed by atoms with Gasteiger partial charge in [0, 0.05) is 30.4 Å². The van der Waals surface area contributed by atoms with E-state index in [-0.39, 0.29) is 22.5 Å². The molecule has 0 atom stereocenters. The highest BCUT2D eigenvalue weighted by Gasteiger charge is 2.43. The van der Waals surface area contributed by atoms with Crippen molar-refractivity contribution in [3.05, 3.63) is 65.3 Å². The van der Waals surface area contributed by atoms with Gasteiger partial charge in [0.2, 0.25) is 5.95 Å². The minimum atomic E-state index is -0.506. The molecule has 29 heavy (non-hydrogen) atoms. The Bertz CT molecular complexity index is 1080. The van der Waals surface area contributed by atoms with Crippen LogP contribution in [0.25, 0.3) is 11.3 Å². The van der Waals surface area contributed by atoms with Crippen LogP contribution in [0.5, 0.6) is 0 Å². The standard InChI is InChI=1S/C20H18ClN7O/c21-16-14(3-1-8-24-16)17(29)28-18(22)20(6-2-7-20)13-4-5-15(25-11-13)12-9-26-19(23)27-10-12/h1,3-5,8-11H,2,6-7H2,(H2,22,28,29)(H2,23,26,27). The number of rotatable bonds is 4. The van der Waals surface area contributed by atoms with Crippen LogP contribution >= 0.6 is 11.6 Å². The molecule has 1 aliphatic carbocycles. The van der Waals surface area contributed by atoms with Gasteiger partial charge in [-0.15, -0.1) is 0 Å². The fraction of sp³-hybridized carbons (Fsp3) is 0.200. The molecule has 1 aliphatic rings. The van der Waals surface area contributed by atoms with Crippen LogP contribution in [0.2, 0.25) is 5.15 Å². The smallest absolute Gasteiger partial charge is 0.281 e. The molecule has 0 unspecified atom stereocenters. The van der Waals surface area contributed by atoms with Gasteiger partial charge in [-0.1, -0.05) is 24.1 Å². The summed E-state index contributed by atoms with van der Waals surface area (Å²) in [4.78, 5) is 33.1. The second-order valence-corrected chi connectivity index (χ2v) is 7.20. The number of carbonyl (C=O) groups is 1. The van der Waals surface area contributed by atoms with E-state index in [4.69, 9.17) is 23.1 Å². The van der Waals surface area contributed by atoms with Crippen molar-refractivity contribution in [3.63, 3.8) is 0 Å². The van der Waals surface area contributed by atoms with Crippen molar-refractivity contribution in [2.24, 2.45) is 10.7 Å². The fourth-order valence-corrected chi connectivity index (χ4v) is 3.56. The molecular formula is C20H18ClN7O. The number of anilines is 1. The molecular weight excluding hydrogens is 390 g/mol. The van der Waals surface area contributed by atoms with Crippen LogP contribution in [-0.2, 0) is 5.41 Å². The Balaban J connectivity index is 1.62. The number of aliphatic imine (C=N–C) groups is 1. The van der Waals surface area contributed by atoms with E-state index in [0.717, 1.165) is 36.1 Å². The summed E-state index contributed by atoms with van der Waals surface area (Å²) < 4.78 is 0. The highest BCUT2D eigenvalue weighted by Crippen LogP contribution is 2.44. The number of halogens is 1. The van der Waals surface area contributed by atoms with Crippen LogP contribution in [0.3, 0.4) is 0 Å². The highest BCUT2D eigenvalue weighted by atomic mass is 35.5. The largest absolute Gasteiger partial charge is 0.386 e. The normalized spacial score (nSPS) is 15.6. The Labute approximate surface area is 172 Å². The van der Waals surface area contributed by atoms with E-state index in [0.29, 0.717) is 0 Å².